The van der Waals surface area contributed by atoms with Gasteiger partial charge >= 0.3 is 6.03 Å². The molecule has 0 bridgehead atoms. The number of hydrogen-bond acceptors (Lipinski definition) is 4. The van der Waals surface area contributed by atoms with E-state index in [1.165, 1.54) is 5.56 Å². The number of carbonyl (C=O) groups excluding carboxylic acids is 1. The number of rotatable bonds is 9. The number of aromatic nitrogens is 2. The Morgan fingerprint density at radius 3 is 2.26 bits per heavy atom. The third kappa shape index (κ3) is 7.20. The van der Waals surface area contributed by atoms with Gasteiger partial charge in [-0.3, -0.25) is 9.36 Å². The van der Waals surface area contributed by atoms with E-state index in [0.29, 0.717) is 35.3 Å². The van der Waals surface area contributed by atoms with Crippen molar-refractivity contribution >= 4 is 28.4 Å². The maximum absolute atomic E-state index is 14.4. The fourth-order valence-corrected chi connectivity index (χ4v) is 5.84. The van der Waals surface area contributed by atoms with Crippen LogP contribution in [0.5, 0.6) is 0 Å². The number of para-hydroxylation sites is 1. The molecule has 0 radical (unpaired) electrons. The summed E-state index contributed by atoms with van der Waals surface area (Å²) in [4.78, 5) is 33.0. The molecule has 0 aliphatic heterocycles. The molecule has 2 amide bonds. The van der Waals surface area contributed by atoms with Gasteiger partial charge in [-0.1, -0.05) is 100 Å². The molecule has 0 fully saturated rings. The number of carbonyl (C=O) groups is 1. The molecule has 7 heteroatoms. The lowest BCUT2D eigenvalue weighted by Gasteiger charge is -2.22. The van der Waals surface area contributed by atoms with E-state index in [1.807, 2.05) is 72.8 Å². The minimum atomic E-state index is -0.497. The number of benzene rings is 3. The smallest absolute Gasteiger partial charge is 0.323 e. The standard InChI is InChI=1S/C39H40N4O3/c1-26(2)31-19-9-20-32(27(3)4)35(31)41-39(46)42-36-34(30-18-8-15-29(25-30)17-12-24-44)33-21-10-22-40-37(33)43(38(36)45)23-11-16-28-13-6-5-7-14-28/h5-10,13-15,18-22,25-27,44H,11,16,23-24H2,1-4H3,(H2,41,42,46). The predicted octanol–water partition coefficient (Wildman–Crippen LogP) is 7.93. The van der Waals surface area contributed by atoms with Gasteiger partial charge in [0.15, 0.2) is 0 Å². The topological polar surface area (TPSA) is 96.2 Å². The number of nitrogens with one attached hydrogen (secondary N) is 2. The summed E-state index contributed by atoms with van der Waals surface area (Å²) >= 11 is 0. The molecule has 0 saturated carbocycles. The van der Waals surface area contributed by atoms with Crippen LogP contribution < -0.4 is 16.2 Å². The highest BCUT2D eigenvalue weighted by molar-refractivity contribution is 6.07. The molecule has 2 aromatic heterocycles. The normalized spacial score (nSPS) is 11.0. The van der Waals surface area contributed by atoms with Crippen molar-refractivity contribution in [2.75, 3.05) is 17.2 Å². The molecule has 234 valence electrons. The van der Waals surface area contributed by atoms with Crippen molar-refractivity contribution in [3.05, 3.63) is 124 Å². The molecular weight excluding hydrogens is 572 g/mol. The van der Waals surface area contributed by atoms with Crippen molar-refractivity contribution in [2.24, 2.45) is 0 Å². The number of pyridine rings is 2. The van der Waals surface area contributed by atoms with E-state index in [9.17, 15) is 14.7 Å². The Morgan fingerprint density at radius 2 is 1.57 bits per heavy atom. The summed E-state index contributed by atoms with van der Waals surface area (Å²) in [6.07, 6.45) is 3.19. The Kier molecular flexibility index (Phi) is 10.3. The first kappa shape index (κ1) is 32.2. The highest BCUT2D eigenvalue weighted by atomic mass is 16.2. The van der Waals surface area contributed by atoms with Gasteiger partial charge in [0.05, 0.1) is 0 Å². The number of amides is 2. The summed E-state index contributed by atoms with van der Waals surface area (Å²) < 4.78 is 1.66. The quantitative estimate of drug-likeness (QED) is 0.147. The van der Waals surface area contributed by atoms with Gasteiger partial charge in [-0.2, -0.15) is 0 Å². The van der Waals surface area contributed by atoms with Gasteiger partial charge in [-0.25, -0.2) is 9.78 Å². The first-order valence-electron chi connectivity index (χ1n) is 15.7. The maximum Gasteiger partial charge on any atom is 0.323 e. The number of urea groups is 1. The van der Waals surface area contributed by atoms with Crippen molar-refractivity contribution in [1.29, 1.82) is 0 Å². The highest BCUT2D eigenvalue weighted by Gasteiger charge is 2.22. The Balaban J connectivity index is 1.63. The van der Waals surface area contributed by atoms with Crippen LogP contribution >= 0.6 is 0 Å². The number of fused-ring (bicyclic) bond motifs is 1. The summed E-state index contributed by atoms with van der Waals surface area (Å²) in [6.45, 7) is 8.54. The Morgan fingerprint density at radius 1 is 0.870 bits per heavy atom. The number of aliphatic hydroxyl groups is 1. The van der Waals surface area contributed by atoms with E-state index >= 15 is 0 Å². The van der Waals surface area contributed by atoms with Crippen molar-refractivity contribution in [3.8, 4) is 23.0 Å². The minimum Gasteiger partial charge on any atom is -0.384 e. The lowest BCUT2D eigenvalue weighted by Crippen LogP contribution is -2.30. The molecule has 5 rings (SSSR count). The minimum absolute atomic E-state index is 0.165. The van der Waals surface area contributed by atoms with Gasteiger partial charge in [-0.15, -0.1) is 0 Å². The van der Waals surface area contributed by atoms with E-state index in [2.05, 4.69) is 67.3 Å². The molecule has 2 heterocycles. The zero-order valence-electron chi connectivity index (χ0n) is 26.8. The lowest BCUT2D eigenvalue weighted by molar-refractivity contribution is 0.262. The van der Waals surface area contributed by atoms with Crippen molar-refractivity contribution < 1.29 is 9.90 Å². The van der Waals surface area contributed by atoms with Crippen molar-refractivity contribution in [2.45, 2.75) is 58.9 Å². The summed E-state index contributed by atoms with van der Waals surface area (Å²) in [5.41, 5.74) is 6.32. The second-order valence-corrected chi connectivity index (χ2v) is 11.9. The molecule has 3 N–H and O–H groups in total. The van der Waals surface area contributed by atoms with Crippen LogP contribution in [0.2, 0.25) is 0 Å². The molecule has 0 aliphatic carbocycles. The van der Waals surface area contributed by atoms with Gasteiger partial charge < -0.3 is 15.7 Å². The van der Waals surface area contributed by atoms with Crippen LogP contribution in [0.1, 0.15) is 68.2 Å². The fourth-order valence-electron chi connectivity index (χ4n) is 5.84. The Labute approximate surface area is 270 Å². The van der Waals surface area contributed by atoms with Gasteiger partial charge in [0.2, 0.25) is 0 Å². The molecule has 0 saturated heterocycles. The zero-order chi connectivity index (χ0) is 32.6. The number of aliphatic hydroxyl groups excluding tert-OH is 1. The number of hydrogen-bond donors (Lipinski definition) is 3. The van der Waals surface area contributed by atoms with E-state index in [0.717, 1.165) is 28.6 Å². The first-order valence-corrected chi connectivity index (χ1v) is 15.7. The molecule has 0 unspecified atom stereocenters. The molecule has 0 atom stereocenters. The third-order valence-corrected chi connectivity index (χ3v) is 8.02. The maximum atomic E-state index is 14.4. The van der Waals surface area contributed by atoms with Crippen molar-refractivity contribution in [3.63, 3.8) is 0 Å². The second-order valence-electron chi connectivity index (χ2n) is 11.9. The molecule has 7 nitrogen and oxygen atoms in total. The molecule has 0 spiro atoms. The molecule has 5 aromatic rings. The van der Waals surface area contributed by atoms with Gasteiger partial charge in [-0.05, 0) is 71.2 Å². The van der Waals surface area contributed by atoms with Gasteiger partial charge in [0.1, 0.15) is 17.9 Å². The lowest BCUT2D eigenvalue weighted by atomic mass is 9.93. The van der Waals surface area contributed by atoms with E-state index in [1.54, 1.807) is 10.8 Å². The first-order chi connectivity index (χ1) is 22.3. The van der Waals surface area contributed by atoms with Crippen molar-refractivity contribution in [1.82, 2.24) is 9.55 Å². The van der Waals surface area contributed by atoms with E-state index < -0.39 is 6.03 Å². The van der Waals surface area contributed by atoms with E-state index in [4.69, 9.17) is 0 Å². The number of aryl methyl sites for hydroxylation is 2. The van der Waals surface area contributed by atoms with Gasteiger partial charge in [0.25, 0.3) is 5.56 Å². The summed E-state index contributed by atoms with van der Waals surface area (Å²) in [5, 5.41) is 16.1. The SMILES string of the molecule is CC(C)c1cccc(C(C)C)c1NC(=O)Nc1c(-c2cccc(C#CCO)c2)c2cccnc2n(CCCc2ccccc2)c1=O. The fraction of sp³-hybridized carbons (Fsp3) is 0.256. The Hall–Kier alpha value is -5.19. The summed E-state index contributed by atoms with van der Waals surface area (Å²) in [5.74, 6) is 6.00. The second kappa shape index (κ2) is 14.7. The van der Waals surface area contributed by atoms with Crippen LogP contribution in [0.4, 0.5) is 16.2 Å². The summed E-state index contributed by atoms with van der Waals surface area (Å²) in [6, 6.07) is 26.9. The van der Waals surface area contributed by atoms with Gasteiger partial charge in [0, 0.05) is 34.9 Å². The summed E-state index contributed by atoms with van der Waals surface area (Å²) in [7, 11) is 0. The average Bonchev–Trinajstić information content (AvgIpc) is 3.06. The third-order valence-electron chi connectivity index (χ3n) is 8.02. The Bertz CT molecular complexity index is 1940. The van der Waals surface area contributed by atoms with Crippen LogP contribution in [-0.4, -0.2) is 27.3 Å². The largest absolute Gasteiger partial charge is 0.384 e. The zero-order valence-corrected chi connectivity index (χ0v) is 26.8. The predicted molar refractivity (Wildman–Crippen MR) is 187 cm³/mol. The molecule has 0 aliphatic rings. The highest BCUT2D eigenvalue weighted by Crippen LogP contribution is 2.35. The van der Waals surface area contributed by atoms with Crippen LogP contribution in [0.25, 0.3) is 22.2 Å². The van der Waals surface area contributed by atoms with Crippen LogP contribution in [-0.2, 0) is 13.0 Å². The average molecular weight is 613 g/mol. The van der Waals surface area contributed by atoms with Crippen LogP contribution in [0, 0.1) is 11.8 Å². The van der Waals surface area contributed by atoms with E-state index in [-0.39, 0.29) is 29.7 Å². The monoisotopic (exact) mass is 612 g/mol. The molecule has 46 heavy (non-hydrogen) atoms. The number of nitrogens with zero attached hydrogens (tertiary/aromatic N) is 2. The van der Waals surface area contributed by atoms with Crippen LogP contribution in [0.15, 0.2) is 95.9 Å². The number of anilines is 2. The van der Waals surface area contributed by atoms with Crippen LogP contribution in [0.3, 0.4) is 0 Å². The molecule has 3 aromatic carbocycles. The molecular formula is C39H40N4O3.